The molecule has 1 N–H and O–H groups in total. The van der Waals surface area contributed by atoms with Crippen LogP contribution in [-0.4, -0.2) is 19.2 Å². The fraction of sp³-hybridized carbons (Fsp3) is 0.600. The molecular weight excluding hydrogens is 229 g/mol. The van der Waals surface area contributed by atoms with Gasteiger partial charge in [-0.25, -0.2) is 4.39 Å². The molecule has 0 bridgehead atoms. The normalized spacial score (nSPS) is 12.4. The van der Waals surface area contributed by atoms with Crippen LogP contribution in [0.25, 0.3) is 0 Å². The van der Waals surface area contributed by atoms with Gasteiger partial charge in [0.2, 0.25) is 0 Å². The van der Waals surface area contributed by atoms with Crippen molar-refractivity contribution >= 4 is 0 Å². The Hall–Kier alpha value is -1.09. The Balaban J connectivity index is 2.47. The third-order valence-corrected chi connectivity index (χ3v) is 2.91. The molecule has 1 aromatic carbocycles. The number of ether oxygens (including phenoxy) is 1. The number of aryl methyl sites for hydroxylation is 1. The summed E-state index contributed by atoms with van der Waals surface area (Å²) in [6.07, 6.45) is 3.31. The minimum Gasteiger partial charge on any atom is -0.492 e. The molecule has 0 aliphatic rings. The molecule has 0 aromatic heterocycles. The average molecular weight is 253 g/mol. The first kappa shape index (κ1) is 15.0. The number of hydrogen-bond donors (Lipinski definition) is 1. The van der Waals surface area contributed by atoms with Gasteiger partial charge in [-0.3, -0.25) is 0 Å². The molecule has 1 atom stereocenters. The molecule has 1 unspecified atom stereocenters. The first-order chi connectivity index (χ1) is 8.67. The molecule has 0 saturated heterocycles. The third kappa shape index (κ3) is 5.05. The standard InChI is InChI=1S/C15H24FNO/c1-4-6-13(17-9-5-2)11-18-14-8-7-12(3)15(16)10-14/h7-8,10,13,17H,4-6,9,11H2,1-3H3. The second-order valence-corrected chi connectivity index (χ2v) is 4.66. The highest BCUT2D eigenvalue weighted by atomic mass is 19.1. The number of benzene rings is 1. The monoisotopic (exact) mass is 253 g/mol. The van der Waals surface area contributed by atoms with E-state index in [0.717, 1.165) is 25.8 Å². The van der Waals surface area contributed by atoms with Crippen molar-refractivity contribution < 1.29 is 9.13 Å². The SMILES string of the molecule is CCCNC(CCC)COc1ccc(C)c(F)c1. The summed E-state index contributed by atoms with van der Waals surface area (Å²) in [6, 6.07) is 5.37. The van der Waals surface area contributed by atoms with E-state index in [1.165, 1.54) is 6.07 Å². The fourth-order valence-electron chi connectivity index (χ4n) is 1.80. The van der Waals surface area contributed by atoms with E-state index in [1.807, 2.05) is 6.07 Å². The van der Waals surface area contributed by atoms with Crippen LogP contribution in [-0.2, 0) is 0 Å². The quantitative estimate of drug-likeness (QED) is 0.763. The molecule has 102 valence electrons. The van der Waals surface area contributed by atoms with Crippen molar-refractivity contribution in [1.29, 1.82) is 0 Å². The highest BCUT2D eigenvalue weighted by Gasteiger charge is 2.08. The molecule has 2 nitrogen and oxygen atoms in total. The Morgan fingerprint density at radius 1 is 1.28 bits per heavy atom. The molecule has 3 heteroatoms. The lowest BCUT2D eigenvalue weighted by Gasteiger charge is -2.18. The van der Waals surface area contributed by atoms with Crippen LogP contribution in [0.4, 0.5) is 4.39 Å². The van der Waals surface area contributed by atoms with Gasteiger partial charge in [0.15, 0.2) is 0 Å². The molecular formula is C15H24FNO. The van der Waals surface area contributed by atoms with Crippen LogP contribution in [0.1, 0.15) is 38.7 Å². The van der Waals surface area contributed by atoms with Crippen LogP contribution in [0.5, 0.6) is 5.75 Å². The van der Waals surface area contributed by atoms with E-state index in [-0.39, 0.29) is 5.82 Å². The van der Waals surface area contributed by atoms with E-state index < -0.39 is 0 Å². The van der Waals surface area contributed by atoms with E-state index in [1.54, 1.807) is 13.0 Å². The van der Waals surface area contributed by atoms with Gasteiger partial charge in [-0.15, -0.1) is 0 Å². The molecule has 0 spiro atoms. The highest BCUT2D eigenvalue weighted by Crippen LogP contribution is 2.16. The van der Waals surface area contributed by atoms with Gasteiger partial charge in [0.05, 0.1) is 0 Å². The number of rotatable bonds is 8. The smallest absolute Gasteiger partial charge is 0.129 e. The molecule has 1 rings (SSSR count). The summed E-state index contributed by atoms with van der Waals surface area (Å²) < 4.78 is 19.0. The number of hydrogen-bond acceptors (Lipinski definition) is 2. The summed E-state index contributed by atoms with van der Waals surface area (Å²) in [5.74, 6) is 0.401. The van der Waals surface area contributed by atoms with Gasteiger partial charge in [0.1, 0.15) is 18.2 Å². The van der Waals surface area contributed by atoms with Gasteiger partial charge < -0.3 is 10.1 Å². The Kier molecular flexibility index (Phi) is 6.73. The maximum atomic E-state index is 13.4. The molecule has 0 aliphatic heterocycles. The van der Waals surface area contributed by atoms with Gasteiger partial charge in [-0.05, 0) is 37.9 Å². The molecule has 0 fully saturated rings. The maximum absolute atomic E-state index is 13.4. The minimum absolute atomic E-state index is 0.207. The first-order valence-corrected chi connectivity index (χ1v) is 6.79. The van der Waals surface area contributed by atoms with Gasteiger partial charge in [0, 0.05) is 12.1 Å². The van der Waals surface area contributed by atoms with Crippen LogP contribution in [0, 0.1) is 12.7 Å². The second kappa shape index (κ2) is 8.09. The Morgan fingerprint density at radius 2 is 2.06 bits per heavy atom. The van der Waals surface area contributed by atoms with Crippen LogP contribution in [0.3, 0.4) is 0 Å². The van der Waals surface area contributed by atoms with Crippen LogP contribution < -0.4 is 10.1 Å². The Morgan fingerprint density at radius 3 is 2.67 bits per heavy atom. The maximum Gasteiger partial charge on any atom is 0.129 e. The summed E-state index contributed by atoms with van der Waals surface area (Å²) in [4.78, 5) is 0. The van der Waals surface area contributed by atoms with Crippen molar-refractivity contribution in [3.63, 3.8) is 0 Å². The lowest BCUT2D eigenvalue weighted by Crippen LogP contribution is -2.35. The van der Waals surface area contributed by atoms with Crippen molar-refractivity contribution in [2.75, 3.05) is 13.2 Å². The topological polar surface area (TPSA) is 21.3 Å². The zero-order valence-electron chi connectivity index (χ0n) is 11.6. The summed E-state index contributed by atoms with van der Waals surface area (Å²) in [6.45, 7) is 7.65. The Bertz CT molecular complexity index is 354. The largest absolute Gasteiger partial charge is 0.492 e. The summed E-state index contributed by atoms with van der Waals surface area (Å²) in [7, 11) is 0. The summed E-state index contributed by atoms with van der Waals surface area (Å²) in [5, 5.41) is 3.45. The molecule has 1 aromatic rings. The van der Waals surface area contributed by atoms with Gasteiger partial charge in [-0.1, -0.05) is 26.3 Å². The number of nitrogens with one attached hydrogen (secondary N) is 1. The van der Waals surface area contributed by atoms with Crippen LogP contribution in [0.15, 0.2) is 18.2 Å². The first-order valence-electron chi connectivity index (χ1n) is 6.79. The Labute approximate surface area is 110 Å². The van der Waals surface area contributed by atoms with Gasteiger partial charge >= 0.3 is 0 Å². The van der Waals surface area contributed by atoms with E-state index in [2.05, 4.69) is 19.2 Å². The third-order valence-electron chi connectivity index (χ3n) is 2.91. The predicted octanol–water partition coefficient (Wildman–Crippen LogP) is 3.68. The molecule has 0 amide bonds. The minimum atomic E-state index is -0.207. The zero-order chi connectivity index (χ0) is 13.4. The number of halogens is 1. The van der Waals surface area contributed by atoms with Crippen molar-refractivity contribution in [1.82, 2.24) is 5.32 Å². The predicted molar refractivity (Wildman–Crippen MR) is 73.6 cm³/mol. The molecule has 0 radical (unpaired) electrons. The van der Waals surface area contributed by atoms with Crippen molar-refractivity contribution in [2.24, 2.45) is 0 Å². The zero-order valence-corrected chi connectivity index (χ0v) is 11.6. The van der Waals surface area contributed by atoms with E-state index in [9.17, 15) is 4.39 Å². The lowest BCUT2D eigenvalue weighted by molar-refractivity contribution is 0.255. The second-order valence-electron chi connectivity index (χ2n) is 4.66. The van der Waals surface area contributed by atoms with Gasteiger partial charge in [0.25, 0.3) is 0 Å². The molecule has 0 saturated carbocycles. The molecule has 0 heterocycles. The van der Waals surface area contributed by atoms with E-state index in [0.29, 0.717) is 24.0 Å². The fourth-order valence-corrected chi connectivity index (χ4v) is 1.80. The summed E-state index contributed by atoms with van der Waals surface area (Å²) in [5.41, 5.74) is 0.650. The van der Waals surface area contributed by atoms with Crippen molar-refractivity contribution in [3.8, 4) is 5.75 Å². The van der Waals surface area contributed by atoms with Crippen LogP contribution in [0.2, 0.25) is 0 Å². The lowest BCUT2D eigenvalue weighted by atomic mass is 10.2. The van der Waals surface area contributed by atoms with Crippen molar-refractivity contribution in [2.45, 2.75) is 46.1 Å². The van der Waals surface area contributed by atoms with E-state index >= 15 is 0 Å². The molecule has 0 aliphatic carbocycles. The van der Waals surface area contributed by atoms with Crippen molar-refractivity contribution in [3.05, 3.63) is 29.6 Å². The average Bonchev–Trinajstić information content (AvgIpc) is 2.37. The highest BCUT2D eigenvalue weighted by molar-refractivity contribution is 5.27. The van der Waals surface area contributed by atoms with Crippen LogP contribution >= 0.6 is 0 Å². The van der Waals surface area contributed by atoms with E-state index in [4.69, 9.17) is 4.74 Å². The van der Waals surface area contributed by atoms with Gasteiger partial charge in [-0.2, -0.15) is 0 Å². The summed E-state index contributed by atoms with van der Waals surface area (Å²) >= 11 is 0. The molecule has 18 heavy (non-hydrogen) atoms.